The summed E-state index contributed by atoms with van der Waals surface area (Å²) in [6.45, 7) is 0.869. The van der Waals surface area contributed by atoms with Gasteiger partial charge in [-0.3, -0.25) is 0 Å². The molecule has 0 saturated carbocycles. The molecule has 2 heterocycles. The van der Waals surface area contributed by atoms with E-state index in [4.69, 9.17) is 0 Å². The summed E-state index contributed by atoms with van der Waals surface area (Å²) in [6.07, 6.45) is -4.82. The topological polar surface area (TPSA) is 81.1 Å². The summed E-state index contributed by atoms with van der Waals surface area (Å²) in [6, 6.07) is 7.86. The van der Waals surface area contributed by atoms with Crippen molar-refractivity contribution in [3.8, 4) is 0 Å². The van der Waals surface area contributed by atoms with Crippen LogP contribution in [0.25, 0.3) is 0 Å². The monoisotopic (exact) mass is 450 g/mol. The lowest BCUT2D eigenvalue weighted by atomic mass is 9.95. The second-order valence-electron chi connectivity index (χ2n) is 6.94. The van der Waals surface area contributed by atoms with E-state index in [-0.39, 0.29) is 36.0 Å². The number of hydrogen-bond donors (Lipinski definition) is 2. The molecule has 6 nitrogen and oxygen atoms in total. The van der Waals surface area contributed by atoms with E-state index >= 15 is 0 Å². The van der Waals surface area contributed by atoms with Crippen LogP contribution in [0, 0.1) is 0 Å². The van der Waals surface area contributed by atoms with Crippen LogP contribution in [0.5, 0.6) is 0 Å². The molecule has 1 fully saturated rings. The van der Waals surface area contributed by atoms with E-state index in [1.165, 1.54) is 34.6 Å². The number of benzene rings is 1. The number of thiophene rings is 1. The summed E-state index contributed by atoms with van der Waals surface area (Å²) in [4.78, 5) is 1.76. The molecule has 0 aliphatic carbocycles. The fraction of sp³-hybridized carbons (Fsp3) is 0.444. The maximum Gasteiger partial charge on any atom is 0.421 e. The average molecular weight is 451 g/mol. The normalized spacial score (nSPS) is 21.2. The molecule has 3 rings (SSSR count). The van der Waals surface area contributed by atoms with E-state index in [1.807, 2.05) is 0 Å². The van der Waals surface area contributed by atoms with Crippen molar-refractivity contribution < 1.29 is 31.8 Å². The third-order valence-corrected chi connectivity index (χ3v) is 8.30. The Morgan fingerprint density at radius 2 is 1.83 bits per heavy atom. The predicted octanol–water partition coefficient (Wildman–Crippen LogP) is 2.39. The largest absolute Gasteiger partial charge is 0.421 e. The number of nitrogens with zero attached hydrogens (tertiary/aromatic N) is 2. The second-order valence-corrected chi connectivity index (χ2v) is 10.1. The molecule has 0 radical (unpaired) electrons. The summed E-state index contributed by atoms with van der Waals surface area (Å²) < 4.78 is 66.0. The third kappa shape index (κ3) is 4.15. The fourth-order valence-corrected chi connectivity index (χ4v) is 5.83. The minimum absolute atomic E-state index is 0.0543. The van der Waals surface area contributed by atoms with Crippen molar-refractivity contribution in [2.75, 3.05) is 31.1 Å². The van der Waals surface area contributed by atoms with Gasteiger partial charge in [0.25, 0.3) is 10.0 Å². The van der Waals surface area contributed by atoms with Crippen molar-refractivity contribution >= 4 is 27.0 Å². The lowest BCUT2D eigenvalue weighted by Gasteiger charge is -2.41. The van der Waals surface area contributed by atoms with Gasteiger partial charge < -0.3 is 15.1 Å². The van der Waals surface area contributed by atoms with Crippen LogP contribution in [0.3, 0.4) is 0 Å². The van der Waals surface area contributed by atoms with Gasteiger partial charge in [0.15, 0.2) is 5.60 Å². The number of rotatable bonds is 5. The molecule has 1 aromatic carbocycles. The van der Waals surface area contributed by atoms with Crippen LogP contribution in [0.4, 0.5) is 18.9 Å². The van der Waals surface area contributed by atoms with Crippen molar-refractivity contribution in [1.82, 2.24) is 4.31 Å². The molecule has 0 spiro atoms. The Kier molecular flexibility index (Phi) is 5.98. The van der Waals surface area contributed by atoms with Crippen LogP contribution in [0.2, 0.25) is 0 Å². The Labute approximate surface area is 170 Å². The maximum absolute atomic E-state index is 13.0. The van der Waals surface area contributed by atoms with Crippen molar-refractivity contribution in [2.24, 2.45) is 0 Å². The number of anilines is 1. The van der Waals surface area contributed by atoms with E-state index in [1.54, 1.807) is 16.3 Å². The first-order valence-electron chi connectivity index (χ1n) is 8.79. The highest BCUT2D eigenvalue weighted by atomic mass is 32.2. The van der Waals surface area contributed by atoms with Crippen molar-refractivity contribution in [1.29, 1.82) is 0 Å². The smallest absolute Gasteiger partial charge is 0.394 e. The van der Waals surface area contributed by atoms with E-state index in [0.717, 1.165) is 11.3 Å². The van der Waals surface area contributed by atoms with Gasteiger partial charge >= 0.3 is 6.18 Å². The Morgan fingerprint density at radius 1 is 1.17 bits per heavy atom. The Morgan fingerprint density at radius 3 is 2.34 bits per heavy atom. The zero-order chi connectivity index (χ0) is 21.4. The SMILES string of the molecule is CC(O)(c1ccc(N2CCN(S(=O)(=O)c3cccs3)CC2CO)cc1)C(F)(F)F. The Hall–Kier alpha value is -1.66. The number of piperazine rings is 1. The highest BCUT2D eigenvalue weighted by Crippen LogP contribution is 2.39. The number of aliphatic hydroxyl groups is 2. The summed E-state index contributed by atoms with van der Waals surface area (Å²) in [7, 11) is -3.65. The van der Waals surface area contributed by atoms with Gasteiger partial charge in [0.1, 0.15) is 4.21 Å². The molecular formula is C18H21F3N2O4S2. The van der Waals surface area contributed by atoms with Gasteiger partial charge in [-0.2, -0.15) is 17.5 Å². The first-order chi connectivity index (χ1) is 13.5. The van der Waals surface area contributed by atoms with E-state index in [0.29, 0.717) is 12.6 Å². The number of halogens is 3. The minimum atomic E-state index is -4.82. The van der Waals surface area contributed by atoms with Crippen LogP contribution >= 0.6 is 11.3 Å². The molecule has 1 aliphatic rings. The predicted molar refractivity (Wildman–Crippen MR) is 103 cm³/mol. The number of aliphatic hydroxyl groups excluding tert-OH is 1. The molecule has 29 heavy (non-hydrogen) atoms. The van der Waals surface area contributed by atoms with Gasteiger partial charge in [0, 0.05) is 25.3 Å². The molecule has 2 N–H and O–H groups in total. The highest BCUT2D eigenvalue weighted by molar-refractivity contribution is 7.91. The van der Waals surface area contributed by atoms with Gasteiger partial charge in [-0.15, -0.1) is 11.3 Å². The molecule has 1 aliphatic heterocycles. The van der Waals surface area contributed by atoms with Crippen LogP contribution in [0.15, 0.2) is 46.0 Å². The van der Waals surface area contributed by atoms with Crippen molar-refractivity contribution in [3.05, 3.63) is 47.3 Å². The van der Waals surface area contributed by atoms with Gasteiger partial charge in [0.05, 0.1) is 12.6 Å². The van der Waals surface area contributed by atoms with E-state index in [9.17, 15) is 31.8 Å². The van der Waals surface area contributed by atoms with Crippen molar-refractivity contribution in [2.45, 2.75) is 29.0 Å². The summed E-state index contributed by atoms with van der Waals surface area (Å²) in [5.74, 6) is 0. The first-order valence-corrected chi connectivity index (χ1v) is 11.1. The molecule has 0 bridgehead atoms. The zero-order valence-electron chi connectivity index (χ0n) is 15.5. The molecule has 2 atom stereocenters. The van der Waals surface area contributed by atoms with Crippen LogP contribution in [-0.2, 0) is 15.6 Å². The summed E-state index contributed by atoms with van der Waals surface area (Å²) in [5, 5.41) is 21.2. The number of sulfonamides is 1. The molecule has 11 heteroatoms. The van der Waals surface area contributed by atoms with Gasteiger partial charge in [-0.1, -0.05) is 18.2 Å². The molecule has 2 aromatic rings. The van der Waals surface area contributed by atoms with Gasteiger partial charge in [-0.25, -0.2) is 8.42 Å². The van der Waals surface area contributed by atoms with E-state index < -0.39 is 27.8 Å². The Bertz CT molecular complexity index is 929. The summed E-state index contributed by atoms with van der Waals surface area (Å²) in [5.41, 5.74) is -2.73. The van der Waals surface area contributed by atoms with E-state index in [2.05, 4.69) is 0 Å². The number of hydrogen-bond acceptors (Lipinski definition) is 6. The average Bonchev–Trinajstić information content (AvgIpc) is 3.22. The maximum atomic E-state index is 13.0. The zero-order valence-corrected chi connectivity index (χ0v) is 17.1. The quantitative estimate of drug-likeness (QED) is 0.731. The lowest BCUT2D eigenvalue weighted by molar-refractivity contribution is -0.258. The lowest BCUT2D eigenvalue weighted by Crippen LogP contribution is -2.56. The van der Waals surface area contributed by atoms with Crippen molar-refractivity contribution in [3.63, 3.8) is 0 Å². The van der Waals surface area contributed by atoms with Gasteiger partial charge in [0.2, 0.25) is 0 Å². The molecule has 0 amide bonds. The highest BCUT2D eigenvalue weighted by Gasteiger charge is 2.51. The molecular weight excluding hydrogens is 429 g/mol. The van der Waals surface area contributed by atoms with Crippen LogP contribution in [-0.4, -0.2) is 61.4 Å². The van der Waals surface area contributed by atoms with Crippen LogP contribution in [0.1, 0.15) is 12.5 Å². The minimum Gasteiger partial charge on any atom is -0.394 e. The third-order valence-electron chi connectivity index (χ3n) is 5.06. The standard InChI is InChI=1S/C18H21F3N2O4S2/c1-17(25,18(19,20)21)13-4-6-14(7-5-13)23-9-8-22(11-15(23)12-24)29(26,27)16-3-2-10-28-16/h2-7,10,15,24-25H,8-9,11-12H2,1H3. The fourth-order valence-electron chi connectivity index (χ4n) is 3.22. The molecule has 1 aromatic heterocycles. The summed E-state index contributed by atoms with van der Waals surface area (Å²) >= 11 is 1.11. The first kappa shape index (κ1) is 22.0. The Balaban J connectivity index is 1.79. The second kappa shape index (κ2) is 7.88. The molecule has 160 valence electrons. The molecule has 1 saturated heterocycles. The van der Waals surface area contributed by atoms with Gasteiger partial charge in [-0.05, 0) is 36.1 Å². The number of alkyl halides is 3. The molecule has 2 unspecified atom stereocenters. The van der Waals surface area contributed by atoms with Crippen LogP contribution < -0.4 is 4.90 Å².